The summed E-state index contributed by atoms with van der Waals surface area (Å²) in [6.45, 7) is 7.95. The molecule has 2 fully saturated rings. The van der Waals surface area contributed by atoms with Crippen molar-refractivity contribution in [3.8, 4) is 0 Å². The van der Waals surface area contributed by atoms with Crippen LogP contribution in [0.2, 0.25) is 0 Å². The van der Waals surface area contributed by atoms with Crippen molar-refractivity contribution < 1.29 is 13.7 Å². The van der Waals surface area contributed by atoms with Crippen LogP contribution >= 0.6 is 0 Å². The molecule has 1 heterocycles. The predicted molar refractivity (Wildman–Crippen MR) is 77.2 cm³/mol. The van der Waals surface area contributed by atoms with E-state index in [-0.39, 0.29) is 5.82 Å². The van der Waals surface area contributed by atoms with E-state index in [4.69, 9.17) is 15.0 Å². The fraction of sp³-hybridized carbons (Fsp3) is 0.600. The van der Waals surface area contributed by atoms with Crippen molar-refractivity contribution in [2.75, 3.05) is 0 Å². The van der Waals surface area contributed by atoms with Crippen LogP contribution in [-0.2, 0) is 14.8 Å². The van der Waals surface area contributed by atoms with E-state index in [0.29, 0.717) is 5.56 Å². The molecule has 3 nitrogen and oxygen atoms in total. The lowest BCUT2D eigenvalue weighted by Gasteiger charge is -2.32. The van der Waals surface area contributed by atoms with Crippen molar-refractivity contribution in [1.29, 1.82) is 0 Å². The van der Waals surface area contributed by atoms with Crippen LogP contribution in [0.15, 0.2) is 18.2 Å². The first-order chi connectivity index (χ1) is 9.16. The summed E-state index contributed by atoms with van der Waals surface area (Å²) in [6, 6.07) is 5.00. The predicted octanol–water partition coefficient (Wildman–Crippen LogP) is 2.07. The van der Waals surface area contributed by atoms with Crippen LogP contribution in [0, 0.1) is 5.82 Å². The van der Waals surface area contributed by atoms with Gasteiger partial charge in [0.25, 0.3) is 0 Å². The van der Waals surface area contributed by atoms with Crippen molar-refractivity contribution in [2.24, 2.45) is 5.73 Å². The average Bonchev–Trinajstić information content (AvgIpc) is 3.00. The number of hydrogen-bond acceptors (Lipinski definition) is 3. The summed E-state index contributed by atoms with van der Waals surface area (Å²) in [5.74, 6) is -0.266. The fourth-order valence-corrected chi connectivity index (χ4v) is 2.62. The van der Waals surface area contributed by atoms with Gasteiger partial charge in [-0.3, -0.25) is 0 Å². The molecule has 108 valence electrons. The summed E-state index contributed by atoms with van der Waals surface area (Å²) >= 11 is 0. The first-order valence-corrected chi connectivity index (χ1v) is 7.10. The highest BCUT2D eigenvalue weighted by Crippen LogP contribution is 2.44. The highest BCUT2D eigenvalue weighted by Gasteiger charge is 2.54. The Morgan fingerprint density at radius 1 is 1.10 bits per heavy atom. The molecule has 0 unspecified atom stereocenters. The lowest BCUT2D eigenvalue weighted by atomic mass is 9.73. The van der Waals surface area contributed by atoms with Gasteiger partial charge in [0, 0.05) is 11.1 Å². The maximum atomic E-state index is 14.2. The van der Waals surface area contributed by atoms with Crippen LogP contribution in [0.5, 0.6) is 0 Å². The van der Waals surface area contributed by atoms with Gasteiger partial charge in [-0.05, 0) is 52.1 Å². The highest BCUT2D eigenvalue weighted by molar-refractivity contribution is 6.62. The summed E-state index contributed by atoms with van der Waals surface area (Å²) in [7, 11) is -0.563. The third-order valence-corrected chi connectivity index (χ3v) is 4.84. The summed E-state index contributed by atoms with van der Waals surface area (Å²) in [5, 5.41) is 0. The number of benzene rings is 1. The molecular formula is C15H21BFNO2. The maximum Gasteiger partial charge on any atom is 0.495 e. The van der Waals surface area contributed by atoms with Crippen molar-refractivity contribution >= 4 is 12.6 Å². The van der Waals surface area contributed by atoms with E-state index in [1.165, 1.54) is 6.07 Å². The Kier molecular flexibility index (Phi) is 2.85. The Morgan fingerprint density at radius 3 is 2.15 bits per heavy atom. The third-order valence-electron chi connectivity index (χ3n) is 4.84. The summed E-state index contributed by atoms with van der Waals surface area (Å²) in [5.41, 5.74) is 6.07. The van der Waals surface area contributed by atoms with Gasteiger partial charge in [-0.25, -0.2) is 4.39 Å². The first-order valence-electron chi connectivity index (χ1n) is 7.10. The largest absolute Gasteiger partial charge is 0.495 e. The zero-order valence-corrected chi connectivity index (χ0v) is 12.5. The second-order valence-electron chi connectivity index (χ2n) is 6.95. The standard InChI is InChI=1S/C15H21BFNO2/c1-13(2)14(3,4)20-16(19-13)10-6-5-7-11(17)12(10)15(18)8-9-15/h5-7H,8-9,18H2,1-4H3. The zero-order chi connectivity index (χ0) is 14.8. The van der Waals surface area contributed by atoms with E-state index in [1.54, 1.807) is 6.07 Å². The fourth-order valence-electron chi connectivity index (χ4n) is 2.62. The Balaban J connectivity index is 2.03. The number of halogens is 1. The summed E-state index contributed by atoms with van der Waals surface area (Å²) < 4.78 is 26.3. The molecule has 2 aliphatic rings. The van der Waals surface area contributed by atoms with E-state index < -0.39 is 23.9 Å². The average molecular weight is 277 g/mol. The van der Waals surface area contributed by atoms with E-state index in [2.05, 4.69) is 0 Å². The summed E-state index contributed by atoms with van der Waals surface area (Å²) in [4.78, 5) is 0. The van der Waals surface area contributed by atoms with Crippen LogP contribution < -0.4 is 11.2 Å². The Hall–Kier alpha value is -0.905. The van der Waals surface area contributed by atoms with Gasteiger partial charge < -0.3 is 15.0 Å². The van der Waals surface area contributed by atoms with Crippen molar-refractivity contribution in [3.63, 3.8) is 0 Å². The lowest BCUT2D eigenvalue weighted by molar-refractivity contribution is 0.00578. The second kappa shape index (κ2) is 4.06. The molecule has 0 atom stereocenters. The zero-order valence-electron chi connectivity index (χ0n) is 12.5. The number of rotatable bonds is 2. The normalized spacial score (nSPS) is 25.8. The van der Waals surface area contributed by atoms with Crippen LogP contribution in [0.25, 0.3) is 0 Å². The molecule has 1 aliphatic heterocycles. The minimum absolute atomic E-state index is 0.266. The monoisotopic (exact) mass is 277 g/mol. The number of hydrogen-bond donors (Lipinski definition) is 1. The molecule has 5 heteroatoms. The molecule has 1 saturated carbocycles. The molecular weight excluding hydrogens is 256 g/mol. The van der Waals surface area contributed by atoms with E-state index in [9.17, 15) is 4.39 Å². The quantitative estimate of drug-likeness (QED) is 0.842. The molecule has 0 spiro atoms. The molecule has 1 saturated heterocycles. The van der Waals surface area contributed by atoms with Crippen LogP contribution in [0.1, 0.15) is 46.1 Å². The third kappa shape index (κ3) is 2.00. The molecule has 2 N–H and O–H groups in total. The molecule has 0 aromatic heterocycles. The first kappa shape index (κ1) is 14.0. The molecule has 0 bridgehead atoms. The second-order valence-corrected chi connectivity index (χ2v) is 6.95. The van der Waals surface area contributed by atoms with Crippen molar-refractivity contribution in [1.82, 2.24) is 0 Å². The van der Waals surface area contributed by atoms with Gasteiger partial charge in [0.05, 0.1) is 11.2 Å². The van der Waals surface area contributed by atoms with Gasteiger partial charge in [-0.2, -0.15) is 0 Å². The van der Waals surface area contributed by atoms with Gasteiger partial charge in [0.2, 0.25) is 0 Å². The smallest absolute Gasteiger partial charge is 0.399 e. The summed E-state index contributed by atoms with van der Waals surface area (Å²) in [6.07, 6.45) is 1.61. The highest BCUT2D eigenvalue weighted by atomic mass is 19.1. The van der Waals surface area contributed by atoms with Crippen LogP contribution in [0.4, 0.5) is 4.39 Å². The minimum atomic E-state index is -0.563. The van der Waals surface area contributed by atoms with Gasteiger partial charge in [-0.15, -0.1) is 0 Å². The van der Waals surface area contributed by atoms with E-state index in [1.807, 2.05) is 33.8 Å². The van der Waals surface area contributed by atoms with Gasteiger partial charge in [0.15, 0.2) is 0 Å². The van der Waals surface area contributed by atoms with Crippen LogP contribution in [0.3, 0.4) is 0 Å². The van der Waals surface area contributed by atoms with E-state index >= 15 is 0 Å². The van der Waals surface area contributed by atoms with Crippen LogP contribution in [-0.4, -0.2) is 18.3 Å². The minimum Gasteiger partial charge on any atom is -0.399 e. The topological polar surface area (TPSA) is 44.5 Å². The van der Waals surface area contributed by atoms with Gasteiger partial charge in [0.1, 0.15) is 5.82 Å². The van der Waals surface area contributed by atoms with Gasteiger partial charge >= 0.3 is 7.12 Å². The molecule has 20 heavy (non-hydrogen) atoms. The lowest BCUT2D eigenvalue weighted by Crippen LogP contribution is -2.41. The molecule has 0 radical (unpaired) electrons. The molecule has 3 rings (SSSR count). The SMILES string of the molecule is CC1(C)OB(c2cccc(F)c2C2(N)CC2)OC1(C)C. The molecule has 0 amide bonds. The maximum absolute atomic E-state index is 14.2. The Morgan fingerprint density at radius 2 is 1.65 bits per heavy atom. The van der Waals surface area contributed by atoms with Crippen molar-refractivity contribution in [2.45, 2.75) is 57.3 Å². The van der Waals surface area contributed by atoms with E-state index in [0.717, 1.165) is 18.3 Å². The Labute approximate surface area is 119 Å². The molecule has 1 aliphatic carbocycles. The molecule has 1 aromatic rings. The Bertz CT molecular complexity index is 539. The van der Waals surface area contributed by atoms with Gasteiger partial charge in [-0.1, -0.05) is 12.1 Å². The number of nitrogens with two attached hydrogens (primary N) is 1. The molecule has 1 aromatic carbocycles. The van der Waals surface area contributed by atoms with Crippen molar-refractivity contribution in [3.05, 3.63) is 29.6 Å².